The minimum absolute atomic E-state index is 0.0000270. The van der Waals surface area contributed by atoms with Crippen molar-refractivity contribution in [3.8, 4) is 0 Å². The van der Waals surface area contributed by atoms with E-state index in [1.165, 1.54) is 12.1 Å². The van der Waals surface area contributed by atoms with Crippen molar-refractivity contribution in [1.29, 1.82) is 0 Å². The molecule has 0 aliphatic rings. The quantitative estimate of drug-likeness (QED) is 0.389. The van der Waals surface area contributed by atoms with E-state index < -0.39 is 4.92 Å². The molecule has 0 atom stereocenters. The summed E-state index contributed by atoms with van der Waals surface area (Å²) < 4.78 is 1.81. The summed E-state index contributed by atoms with van der Waals surface area (Å²) in [7, 11) is 0. The summed E-state index contributed by atoms with van der Waals surface area (Å²) in [6.45, 7) is 0. The molecule has 20 heavy (non-hydrogen) atoms. The minimum atomic E-state index is -0.445. The number of fused-ring (bicyclic) bond motifs is 4. The lowest BCUT2D eigenvalue weighted by Gasteiger charge is -1.97. The molecule has 0 N–H and O–H groups in total. The van der Waals surface area contributed by atoms with Gasteiger partial charge >= 0.3 is 0 Å². The second-order valence-electron chi connectivity index (χ2n) is 4.34. The van der Waals surface area contributed by atoms with Crippen molar-refractivity contribution in [3.63, 3.8) is 0 Å². The predicted octanol–water partition coefficient (Wildman–Crippen LogP) is 2.34. The molecule has 0 aliphatic carbocycles. The van der Waals surface area contributed by atoms with E-state index >= 15 is 0 Å². The summed E-state index contributed by atoms with van der Waals surface area (Å²) in [4.78, 5) is 23.6. The number of imidazole rings is 1. The summed E-state index contributed by atoms with van der Waals surface area (Å²) in [6.07, 6.45) is 1.84. The van der Waals surface area contributed by atoms with Crippen LogP contribution in [0.25, 0.3) is 28.0 Å². The van der Waals surface area contributed by atoms with E-state index in [4.69, 9.17) is 0 Å². The highest BCUT2D eigenvalue weighted by molar-refractivity contribution is 5.86. The molecule has 7 heteroatoms. The summed E-state index contributed by atoms with van der Waals surface area (Å²) in [5.74, 6) is 0. The first kappa shape index (κ1) is 10.8. The Labute approximate surface area is 111 Å². The smallest absolute Gasteiger partial charge is 0.271 e. The Bertz CT molecular complexity index is 992. The molecule has 1 aromatic carbocycles. The third kappa shape index (κ3) is 1.43. The van der Waals surface area contributed by atoms with E-state index in [-0.39, 0.29) is 5.69 Å². The summed E-state index contributed by atoms with van der Waals surface area (Å²) >= 11 is 0. The SMILES string of the molecule is O=[N+]([O-])c1ccc2nc3nc4ccccn4c3nc2c1. The first-order valence-electron chi connectivity index (χ1n) is 5.91. The van der Waals surface area contributed by atoms with E-state index in [1.54, 1.807) is 10.5 Å². The Morgan fingerprint density at radius 3 is 2.80 bits per heavy atom. The van der Waals surface area contributed by atoms with Gasteiger partial charge in [-0.05, 0) is 18.2 Å². The van der Waals surface area contributed by atoms with Gasteiger partial charge in [0.2, 0.25) is 0 Å². The van der Waals surface area contributed by atoms with Crippen molar-refractivity contribution >= 4 is 33.7 Å². The van der Waals surface area contributed by atoms with Gasteiger partial charge in [-0.15, -0.1) is 0 Å². The first-order valence-corrected chi connectivity index (χ1v) is 5.91. The van der Waals surface area contributed by atoms with Gasteiger partial charge in [-0.25, -0.2) is 15.0 Å². The van der Waals surface area contributed by atoms with Crippen molar-refractivity contribution in [2.45, 2.75) is 0 Å². The number of benzene rings is 1. The van der Waals surface area contributed by atoms with Crippen LogP contribution in [-0.2, 0) is 0 Å². The number of nitro groups is 1. The molecule has 0 saturated heterocycles. The van der Waals surface area contributed by atoms with Gasteiger partial charge in [0.05, 0.1) is 16.0 Å². The number of hydrogen-bond donors (Lipinski definition) is 0. The lowest BCUT2D eigenvalue weighted by Crippen LogP contribution is -1.92. The zero-order valence-corrected chi connectivity index (χ0v) is 10.1. The number of pyridine rings is 1. The van der Waals surface area contributed by atoms with Gasteiger partial charge in [0.1, 0.15) is 5.65 Å². The molecule has 4 rings (SSSR count). The first-order chi connectivity index (χ1) is 9.72. The molecule has 0 bridgehead atoms. The monoisotopic (exact) mass is 265 g/mol. The fourth-order valence-electron chi connectivity index (χ4n) is 2.19. The van der Waals surface area contributed by atoms with Crippen LogP contribution in [0, 0.1) is 10.1 Å². The molecular formula is C13H7N5O2. The second-order valence-corrected chi connectivity index (χ2v) is 4.34. The van der Waals surface area contributed by atoms with Crippen LogP contribution < -0.4 is 0 Å². The highest BCUT2D eigenvalue weighted by Gasteiger charge is 2.12. The van der Waals surface area contributed by atoms with Gasteiger partial charge in [0, 0.05) is 18.3 Å². The average molecular weight is 265 g/mol. The number of hydrogen-bond acceptors (Lipinski definition) is 5. The van der Waals surface area contributed by atoms with E-state index in [2.05, 4.69) is 15.0 Å². The maximum absolute atomic E-state index is 10.8. The van der Waals surface area contributed by atoms with Gasteiger partial charge in [0.25, 0.3) is 5.69 Å². The van der Waals surface area contributed by atoms with E-state index in [0.717, 1.165) is 5.65 Å². The highest BCUT2D eigenvalue weighted by atomic mass is 16.6. The van der Waals surface area contributed by atoms with Crippen LogP contribution in [0.15, 0.2) is 42.6 Å². The van der Waals surface area contributed by atoms with Crippen LogP contribution in [0.2, 0.25) is 0 Å². The number of nitro benzene ring substituents is 1. The maximum atomic E-state index is 10.8. The van der Waals surface area contributed by atoms with Gasteiger partial charge in [0.15, 0.2) is 11.3 Å². The molecule has 0 spiro atoms. The Hall–Kier alpha value is -3.09. The lowest BCUT2D eigenvalue weighted by molar-refractivity contribution is -0.384. The molecule has 3 heterocycles. The third-order valence-corrected chi connectivity index (χ3v) is 3.11. The molecule has 3 aromatic heterocycles. The summed E-state index contributed by atoms with van der Waals surface area (Å²) in [6, 6.07) is 10.0. The molecule has 0 fully saturated rings. The van der Waals surface area contributed by atoms with E-state index in [9.17, 15) is 10.1 Å². The Morgan fingerprint density at radius 1 is 1.05 bits per heavy atom. The molecule has 0 radical (unpaired) electrons. The molecule has 0 unspecified atom stereocenters. The fraction of sp³-hybridized carbons (Fsp3) is 0. The van der Waals surface area contributed by atoms with Crippen LogP contribution >= 0.6 is 0 Å². The van der Waals surface area contributed by atoms with Crippen LogP contribution in [0.1, 0.15) is 0 Å². The van der Waals surface area contributed by atoms with Crippen LogP contribution in [0.3, 0.4) is 0 Å². The second kappa shape index (κ2) is 3.70. The molecule has 4 aromatic rings. The molecule has 0 amide bonds. The number of aromatic nitrogens is 4. The average Bonchev–Trinajstić information content (AvgIpc) is 2.81. The standard InChI is InChI=1S/C13H7N5O2/c19-18(20)8-4-5-9-10(7-8)15-13-12(14-9)16-11-3-1-2-6-17(11)13/h1-7H. The lowest BCUT2D eigenvalue weighted by atomic mass is 10.2. The molecule has 0 saturated carbocycles. The largest absolute Gasteiger partial charge is 0.283 e. The van der Waals surface area contributed by atoms with Gasteiger partial charge in [-0.3, -0.25) is 14.5 Å². The predicted molar refractivity (Wildman–Crippen MR) is 72.4 cm³/mol. The maximum Gasteiger partial charge on any atom is 0.271 e. The molecule has 96 valence electrons. The molecular weight excluding hydrogens is 258 g/mol. The third-order valence-electron chi connectivity index (χ3n) is 3.11. The summed E-state index contributed by atoms with van der Waals surface area (Å²) in [5.41, 5.74) is 2.93. The topological polar surface area (TPSA) is 86.2 Å². The molecule has 7 nitrogen and oxygen atoms in total. The number of rotatable bonds is 1. The van der Waals surface area contributed by atoms with Gasteiger partial charge in [-0.1, -0.05) is 6.07 Å². The van der Waals surface area contributed by atoms with Gasteiger partial charge < -0.3 is 0 Å². The normalized spacial score (nSPS) is 11.4. The van der Waals surface area contributed by atoms with Crippen molar-refractivity contribution < 1.29 is 4.92 Å². The van der Waals surface area contributed by atoms with Gasteiger partial charge in [-0.2, -0.15) is 0 Å². The highest BCUT2D eigenvalue weighted by Crippen LogP contribution is 2.21. The Morgan fingerprint density at radius 2 is 1.95 bits per heavy atom. The van der Waals surface area contributed by atoms with E-state index in [1.807, 2.05) is 24.4 Å². The van der Waals surface area contributed by atoms with Crippen molar-refractivity contribution in [2.24, 2.45) is 0 Å². The number of non-ortho nitro benzene ring substituents is 1. The summed E-state index contributed by atoms with van der Waals surface area (Å²) in [5, 5.41) is 10.8. The van der Waals surface area contributed by atoms with Crippen LogP contribution in [0.4, 0.5) is 5.69 Å². The molecule has 0 aliphatic heterocycles. The zero-order chi connectivity index (χ0) is 13.7. The minimum Gasteiger partial charge on any atom is -0.283 e. The Balaban J connectivity index is 2.13. The van der Waals surface area contributed by atoms with E-state index in [0.29, 0.717) is 22.3 Å². The van der Waals surface area contributed by atoms with Crippen molar-refractivity contribution in [3.05, 3.63) is 52.7 Å². The zero-order valence-electron chi connectivity index (χ0n) is 10.1. The number of nitrogens with zero attached hydrogens (tertiary/aromatic N) is 5. The Kier molecular flexibility index (Phi) is 2.00. The fourth-order valence-corrected chi connectivity index (χ4v) is 2.19. The van der Waals surface area contributed by atoms with Crippen molar-refractivity contribution in [1.82, 2.24) is 19.4 Å². The van der Waals surface area contributed by atoms with Crippen molar-refractivity contribution in [2.75, 3.05) is 0 Å². The van der Waals surface area contributed by atoms with Crippen LogP contribution in [0.5, 0.6) is 0 Å². The van der Waals surface area contributed by atoms with Crippen LogP contribution in [-0.4, -0.2) is 24.3 Å².